The van der Waals surface area contributed by atoms with Crippen LogP contribution in [0.4, 0.5) is 5.82 Å². The lowest BCUT2D eigenvalue weighted by atomic mass is 10.1. The minimum absolute atomic E-state index is 0.379. The Morgan fingerprint density at radius 3 is 2.83 bits per heavy atom. The summed E-state index contributed by atoms with van der Waals surface area (Å²) in [5, 5.41) is 3.68. The minimum Gasteiger partial charge on any atom is -0.440 e. The van der Waals surface area contributed by atoms with Crippen LogP contribution in [0.1, 0.15) is 24.7 Å². The molecule has 0 saturated heterocycles. The number of anilines is 1. The first kappa shape index (κ1) is 9.70. The molecule has 2 aromatic heterocycles. The summed E-state index contributed by atoms with van der Waals surface area (Å²) in [4.78, 5) is 4.51. The van der Waals surface area contributed by atoms with Crippen molar-refractivity contribution in [2.45, 2.75) is 18.8 Å². The molecule has 5 heteroatoms. The Balaban J connectivity index is 1.82. The van der Waals surface area contributed by atoms with E-state index in [1.54, 1.807) is 6.07 Å². The van der Waals surface area contributed by atoms with Crippen molar-refractivity contribution in [2.24, 2.45) is 0 Å². The molecule has 4 rings (SSSR count). The smallest absolute Gasteiger partial charge is 0.198 e. The maximum atomic E-state index is 5.71. The molecule has 3 aromatic rings. The fourth-order valence-corrected chi connectivity index (χ4v) is 2.03. The Kier molecular flexibility index (Phi) is 1.81. The highest BCUT2D eigenvalue weighted by Crippen LogP contribution is 2.40. The van der Waals surface area contributed by atoms with Gasteiger partial charge in [0, 0.05) is 17.5 Å². The monoisotopic (exact) mass is 241 g/mol. The van der Waals surface area contributed by atoms with E-state index in [1.165, 1.54) is 12.8 Å². The maximum Gasteiger partial charge on any atom is 0.198 e. The molecule has 1 aromatic carbocycles. The molecule has 2 N–H and O–H groups in total. The van der Waals surface area contributed by atoms with Gasteiger partial charge in [0.1, 0.15) is 5.52 Å². The minimum atomic E-state index is 0.379. The largest absolute Gasteiger partial charge is 0.440 e. The van der Waals surface area contributed by atoms with Crippen LogP contribution in [0.3, 0.4) is 0 Å². The molecule has 5 nitrogen and oxygen atoms in total. The number of nitrogens with zero attached hydrogens (tertiary/aromatic N) is 2. The average molecular weight is 241 g/mol. The highest BCUT2D eigenvalue weighted by molar-refractivity contribution is 5.79. The zero-order valence-corrected chi connectivity index (χ0v) is 9.59. The molecule has 0 amide bonds. The van der Waals surface area contributed by atoms with Crippen molar-refractivity contribution in [3.63, 3.8) is 0 Å². The van der Waals surface area contributed by atoms with E-state index in [1.807, 2.05) is 18.2 Å². The number of hydrogen-bond donors (Lipinski definition) is 1. The molecule has 0 aliphatic heterocycles. The van der Waals surface area contributed by atoms with Gasteiger partial charge in [0.05, 0.1) is 0 Å². The lowest BCUT2D eigenvalue weighted by molar-refractivity contribution is 0.436. The van der Waals surface area contributed by atoms with Crippen molar-refractivity contribution in [1.82, 2.24) is 10.1 Å². The maximum absolute atomic E-state index is 5.71. The second kappa shape index (κ2) is 3.35. The Morgan fingerprint density at radius 2 is 2.11 bits per heavy atom. The molecule has 0 spiro atoms. The van der Waals surface area contributed by atoms with Crippen LogP contribution in [0, 0.1) is 0 Å². The van der Waals surface area contributed by atoms with Crippen LogP contribution in [0.2, 0.25) is 0 Å². The lowest BCUT2D eigenvalue weighted by Crippen LogP contribution is -1.80. The topological polar surface area (TPSA) is 78.1 Å². The third-order valence-electron chi connectivity index (χ3n) is 3.14. The van der Waals surface area contributed by atoms with Gasteiger partial charge in [-0.2, -0.15) is 0 Å². The number of nitrogen functional groups attached to an aromatic ring is 1. The van der Waals surface area contributed by atoms with E-state index in [4.69, 9.17) is 14.7 Å². The highest BCUT2D eigenvalue weighted by atomic mass is 16.5. The van der Waals surface area contributed by atoms with Crippen molar-refractivity contribution < 1.29 is 8.94 Å². The van der Waals surface area contributed by atoms with Gasteiger partial charge in [-0.25, -0.2) is 4.98 Å². The molecule has 18 heavy (non-hydrogen) atoms. The van der Waals surface area contributed by atoms with Gasteiger partial charge < -0.3 is 14.7 Å². The number of oxazole rings is 1. The third-order valence-corrected chi connectivity index (χ3v) is 3.14. The zero-order valence-electron chi connectivity index (χ0n) is 9.59. The van der Waals surface area contributed by atoms with Crippen LogP contribution in [0.5, 0.6) is 0 Å². The number of nitrogens with two attached hydrogens (primary N) is 1. The molecule has 1 saturated carbocycles. The molecule has 1 aliphatic rings. The quantitative estimate of drug-likeness (QED) is 0.746. The van der Waals surface area contributed by atoms with E-state index in [0.717, 1.165) is 22.6 Å². The Labute approximate surface area is 103 Å². The Morgan fingerprint density at radius 1 is 1.22 bits per heavy atom. The first-order valence-electron chi connectivity index (χ1n) is 5.92. The van der Waals surface area contributed by atoms with Gasteiger partial charge in [-0.3, -0.25) is 0 Å². The molecule has 0 atom stereocenters. The number of benzene rings is 1. The fraction of sp³-hybridized carbons (Fsp3) is 0.231. The predicted molar refractivity (Wildman–Crippen MR) is 65.9 cm³/mol. The Bertz CT molecular complexity index is 725. The summed E-state index contributed by atoms with van der Waals surface area (Å²) in [5.74, 6) is 2.38. The standard InChI is InChI=1S/C13H11N3O2/c14-12-6-11(18-16-12)8-3-4-10-9(5-8)15-13(17-10)7-1-2-7/h3-7H,1-2H2,(H2,14,16). The van der Waals surface area contributed by atoms with Gasteiger partial charge in [0.25, 0.3) is 0 Å². The van der Waals surface area contributed by atoms with E-state index in [0.29, 0.717) is 17.5 Å². The van der Waals surface area contributed by atoms with Gasteiger partial charge in [-0.1, -0.05) is 5.16 Å². The van der Waals surface area contributed by atoms with E-state index in [2.05, 4.69) is 10.1 Å². The van der Waals surface area contributed by atoms with Gasteiger partial charge in [-0.15, -0.1) is 0 Å². The second-order valence-electron chi connectivity index (χ2n) is 4.62. The molecular weight excluding hydrogens is 230 g/mol. The summed E-state index contributed by atoms with van der Waals surface area (Å²) in [6.07, 6.45) is 2.36. The summed E-state index contributed by atoms with van der Waals surface area (Å²) in [6, 6.07) is 7.46. The van der Waals surface area contributed by atoms with Gasteiger partial charge >= 0.3 is 0 Å². The number of rotatable bonds is 2. The Hall–Kier alpha value is -2.30. The van der Waals surface area contributed by atoms with Crippen LogP contribution < -0.4 is 5.73 Å². The van der Waals surface area contributed by atoms with Crippen molar-refractivity contribution in [3.8, 4) is 11.3 Å². The molecule has 0 bridgehead atoms. The van der Waals surface area contributed by atoms with Crippen molar-refractivity contribution >= 4 is 16.9 Å². The van der Waals surface area contributed by atoms with Crippen LogP contribution >= 0.6 is 0 Å². The average Bonchev–Trinajstić information content (AvgIpc) is 2.99. The van der Waals surface area contributed by atoms with Crippen molar-refractivity contribution in [1.29, 1.82) is 0 Å². The van der Waals surface area contributed by atoms with Crippen LogP contribution in [0.25, 0.3) is 22.4 Å². The van der Waals surface area contributed by atoms with E-state index in [-0.39, 0.29) is 0 Å². The first-order valence-corrected chi connectivity index (χ1v) is 5.92. The number of hydrogen-bond acceptors (Lipinski definition) is 5. The predicted octanol–water partition coefficient (Wildman–Crippen LogP) is 2.94. The second-order valence-corrected chi connectivity index (χ2v) is 4.62. The fourth-order valence-electron chi connectivity index (χ4n) is 2.03. The summed E-state index contributed by atoms with van der Waals surface area (Å²) in [6.45, 7) is 0. The molecule has 1 aliphatic carbocycles. The molecule has 2 heterocycles. The normalized spacial score (nSPS) is 15.3. The third kappa shape index (κ3) is 1.48. The molecule has 90 valence electrons. The summed E-state index contributed by atoms with van der Waals surface area (Å²) in [5.41, 5.74) is 8.11. The summed E-state index contributed by atoms with van der Waals surface area (Å²) < 4.78 is 10.8. The molecule has 0 radical (unpaired) electrons. The van der Waals surface area contributed by atoms with Gasteiger partial charge in [0.15, 0.2) is 23.1 Å². The van der Waals surface area contributed by atoms with Crippen LogP contribution in [-0.2, 0) is 0 Å². The SMILES string of the molecule is Nc1cc(-c2ccc3oc(C4CC4)nc3c2)on1. The molecule has 1 fully saturated rings. The highest BCUT2D eigenvalue weighted by Gasteiger charge is 2.28. The summed E-state index contributed by atoms with van der Waals surface area (Å²) in [7, 11) is 0. The van der Waals surface area contributed by atoms with E-state index >= 15 is 0 Å². The van der Waals surface area contributed by atoms with Crippen LogP contribution in [0.15, 0.2) is 33.2 Å². The number of aromatic nitrogens is 2. The summed E-state index contributed by atoms with van der Waals surface area (Å²) >= 11 is 0. The van der Waals surface area contributed by atoms with Crippen molar-refractivity contribution in [3.05, 3.63) is 30.2 Å². The van der Waals surface area contributed by atoms with Crippen molar-refractivity contribution in [2.75, 3.05) is 5.73 Å². The van der Waals surface area contributed by atoms with Crippen LogP contribution in [-0.4, -0.2) is 10.1 Å². The van der Waals surface area contributed by atoms with E-state index in [9.17, 15) is 0 Å². The van der Waals surface area contributed by atoms with Gasteiger partial charge in [0.2, 0.25) is 0 Å². The van der Waals surface area contributed by atoms with E-state index < -0.39 is 0 Å². The first-order chi connectivity index (χ1) is 8.79. The molecule has 0 unspecified atom stereocenters. The van der Waals surface area contributed by atoms with Gasteiger partial charge in [-0.05, 0) is 31.0 Å². The lowest BCUT2D eigenvalue weighted by Gasteiger charge is -1.93. The zero-order chi connectivity index (χ0) is 12.1. The molecular formula is C13H11N3O2. The number of fused-ring (bicyclic) bond motifs is 1.